The van der Waals surface area contributed by atoms with Crippen molar-refractivity contribution in [1.82, 2.24) is 5.32 Å². The van der Waals surface area contributed by atoms with Crippen LogP contribution in [0.25, 0.3) is 0 Å². The summed E-state index contributed by atoms with van der Waals surface area (Å²) in [6.07, 6.45) is -3.74. The summed E-state index contributed by atoms with van der Waals surface area (Å²) in [4.78, 5) is 10.8. The molecule has 0 aromatic rings. The maximum Gasteiger partial charge on any atom is 0.407 e. The van der Waals surface area contributed by atoms with E-state index in [4.69, 9.17) is 9.84 Å². The molecule has 0 unspecified atom stereocenters. The maximum atomic E-state index is 13.5. The molecular weight excluding hydrogens is 193 g/mol. The van der Waals surface area contributed by atoms with Crippen molar-refractivity contribution in [3.05, 3.63) is 0 Å². The average molecular weight is 205 g/mol. The van der Waals surface area contributed by atoms with Crippen molar-refractivity contribution in [3.63, 3.8) is 0 Å². The summed E-state index contributed by atoms with van der Waals surface area (Å²) in [5.41, 5.74) is 0. The number of aliphatic hydroxyl groups is 2. The van der Waals surface area contributed by atoms with E-state index in [1.807, 2.05) is 0 Å². The first kappa shape index (κ1) is 9.67. The third-order valence-electron chi connectivity index (χ3n) is 2.87. The Balaban J connectivity index is 2.13. The molecule has 2 rings (SSSR count). The molecule has 1 saturated carbocycles. The van der Waals surface area contributed by atoms with Gasteiger partial charge >= 0.3 is 6.09 Å². The summed E-state index contributed by atoms with van der Waals surface area (Å²) < 4.78 is 18.3. The minimum atomic E-state index is -1.57. The Morgan fingerprint density at radius 2 is 2.36 bits per heavy atom. The van der Waals surface area contributed by atoms with Gasteiger partial charge in [0.1, 0.15) is 12.1 Å². The molecule has 80 valence electrons. The lowest BCUT2D eigenvalue weighted by Gasteiger charge is -2.35. The van der Waals surface area contributed by atoms with Crippen LogP contribution in [0.4, 0.5) is 9.18 Å². The Hall–Kier alpha value is -0.880. The molecule has 3 N–H and O–H groups in total. The van der Waals surface area contributed by atoms with E-state index in [9.17, 15) is 14.3 Å². The van der Waals surface area contributed by atoms with Gasteiger partial charge in [0.25, 0.3) is 0 Å². The highest BCUT2D eigenvalue weighted by molar-refractivity contribution is 5.70. The number of aliphatic hydroxyl groups excluding tert-OH is 2. The molecule has 1 aliphatic carbocycles. The van der Waals surface area contributed by atoms with Gasteiger partial charge in [-0.05, 0) is 6.42 Å². The van der Waals surface area contributed by atoms with E-state index in [-0.39, 0.29) is 6.61 Å². The number of amides is 1. The highest BCUT2D eigenvalue weighted by Crippen LogP contribution is 2.32. The van der Waals surface area contributed by atoms with Crippen LogP contribution in [0.5, 0.6) is 0 Å². The summed E-state index contributed by atoms with van der Waals surface area (Å²) in [5.74, 6) is -0.557. The zero-order valence-electron chi connectivity index (χ0n) is 7.39. The number of carbonyl (C=O) groups excluding carboxylic acids is 1. The van der Waals surface area contributed by atoms with E-state index in [2.05, 4.69) is 5.32 Å². The zero-order valence-corrected chi connectivity index (χ0v) is 7.39. The summed E-state index contributed by atoms with van der Waals surface area (Å²) in [6.45, 7) is -0.303. The lowest BCUT2D eigenvalue weighted by atomic mass is 9.81. The lowest BCUT2D eigenvalue weighted by Crippen LogP contribution is -2.54. The van der Waals surface area contributed by atoms with Gasteiger partial charge in [0.05, 0.1) is 6.10 Å². The number of alkyl halides is 1. The van der Waals surface area contributed by atoms with Crippen LogP contribution >= 0.6 is 0 Å². The van der Waals surface area contributed by atoms with Crippen molar-refractivity contribution in [2.75, 3.05) is 6.61 Å². The monoisotopic (exact) mass is 205 g/mol. The fourth-order valence-electron chi connectivity index (χ4n) is 2.05. The average Bonchev–Trinajstić information content (AvgIpc) is 2.52. The van der Waals surface area contributed by atoms with E-state index < -0.39 is 36.4 Å². The van der Waals surface area contributed by atoms with E-state index in [1.165, 1.54) is 0 Å². The van der Waals surface area contributed by atoms with Crippen LogP contribution in [0.3, 0.4) is 0 Å². The smallest absolute Gasteiger partial charge is 0.407 e. The van der Waals surface area contributed by atoms with Gasteiger partial charge < -0.3 is 20.3 Å². The van der Waals surface area contributed by atoms with E-state index in [0.29, 0.717) is 6.42 Å². The maximum absolute atomic E-state index is 13.5. The molecular formula is C8H12FNO4. The first-order valence-corrected chi connectivity index (χ1v) is 4.53. The van der Waals surface area contributed by atoms with E-state index in [0.717, 1.165) is 0 Å². The third-order valence-corrected chi connectivity index (χ3v) is 2.87. The van der Waals surface area contributed by atoms with Crippen molar-refractivity contribution in [1.29, 1.82) is 0 Å². The molecule has 0 radical (unpaired) electrons. The minimum absolute atomic E-state index is 0.293. The molecule has 14 heavy (non-hydrogen) atoms. The summed E-state index contributed by atoms with van der Waals surface area (Å²) in [7, 11) is 0. The van der Waals surface area contributed by atoms with Crippen LogP contribution in [-0.4, -0.2) is 47.3 Å². The molecule has 1 aliphatic heterocycles. The highest BCUT2D eigenvalue weighted by atomic mass is 19.1. The Bertz CT molecular complexity index is 249. The molecule has 5 nitrogen and oxygen atoms in total. The lowest BCUT2D eigenvalue weighted by molar-refractivity contribution is -0.0640. The molecule has 1 saturated heterocycles. The van der Waals surface area contributed by atoms with Crippen molar-refractivity contribution in [2.24, 2.45) is 5.92 Å². The van der Waals surface area contributed by atoms with Crippen LogP contribution in [-0.2, 0) is 4.74 Å². The van der Waals surface area contributed by atoms with Gasteiger partial charge in [0.15, 0.2) is 6.17 Å². The zero-order chi connectivity index (χ0) is 10.3. The first-order valence-electron chi connectivity index (χ1n) is 4.53. The Kier molecular flexibility index (Phi) is 2.32. The SMILES string of the molecule is O=C1N[C@@H]2[C@H](F)[C@H](O)[C@@H](CO)C[C@@H]2O1. The number of nitrogens with one attached hydrogen (secondary N) is 1. The predicted octanol–water partition coefficient (Wildman–Crippen LogP) is -0.825. The van der Waals surface area contributed by atoms with Crippen molar-refractivity contribution in [3.8, 4) is 0 Å². The van der Waals surface area contributed by atoms with Crippen LogP contribution < -0.4 is 5.32 Å². The Morgan fingerprint density at radius 1 is 1.64 bits per heavy atom. The number of alkyl carbamates (subject to hydrolysis) is 1. The second kappa shape index (κ2) is 3.36. The number of halogens is 1. The molecule has 0 spiro atoms. The number of ether oxygens (including phenoxy) is 1. The highest BCUT2D eigenvalue weighted by Gasteiger charge is 2.50. The molecule has 2 aliphatic rings. The largest absolute Gasteiger partial charge is 0.444 e. The Labute approximate surface area is 79.9 Å². The third kappa shape index (κ3) is 1.34. The van der Waals surface area contributed by atoms with Gasteiger partial charge in [0, 0.05) is 12.5 Å². The molecule has 6 heteroatoms. The van der Waals surface area contributed by atoms with Crippen LogP contribution in [0.15, 0.2) is 0 Å². The van der Waals surface area contributed by atoms with Gasteiger partial charge in [-0.2, -0.15) is 0 Å². The minimum Gasteiger partial charge on any atom is -0.444 e. The van der Waals surface area contributed by atoms with Crippen molar-refractivity contribution in [2.45, 2.75) is 30.8 Å². The molecule has 0 aromatic heterocycles. The van der Waals surface area contributed by atoms with Crippen molar-refractivity contribution >= 4 is 6.09 Å². The molecule has 5 atom stereocenters. The van der Waals surface area contributed by atoms with Crippen LogP contribution in [0.2, 0.25) is 0 Å². The van der Waals surface area contributed by atoms with Crippen LogP contribution in [0.1, 0.15) is 6.42 Å². The van der Waals surface area contributed by atoms with Crippen molar-refractivity contribution < 1.29 is 24.1 Å². The Morgan fingerprint density at radius 3 is 3.00 bits per heavy atom. The van der Waals surface area contributed by atoms with Gasteiger partial charge in [-0.1, -0.05) is 0 Å². The number of rotatable bonds is 1. The molecule has 0 aromatic carbocycles. The number of hydrogen-bond acceptors (Lipinski definition) is 4. The van der Waals surface area contributed by atoms with Gasteiger partial charge in [-0.3, -0.25) is 0 Å². The van der Waals surface area contributed by atoms with Gasteiger partial charge in [-0.15, -0.1) is 0 Å². The summed E-state index contributed by atoms with van der Waals surface area (Å²) >= 11 is 0. The molecule has 2 fully saturated rings. The normalized spacial score (nSPS) is 46.8. The fraction of sp³-hybridized carbons (Fsp3) is 0.875. The summed E-state index contributed by atoms with van der Waals surface area (Å²) in [5, 5.41) is 20.6. The molecule has 1 amide bonds. The molecule has 0 bridgehead atoms. The van der Waals surface area contributed by atoms with E-state index >= 15 is 0 Å². The quantitative estimate of drug-likeness (QED) is 0.522. The number of fused-ring (bicyclic) bond motifs is 1. The topological polar surface area (TPSA) is 78.8 Å². The van der Waals surface area contributed by atoms with Gasteiger partial charge in [-0.25, -0.2) is 9.18 Å². The fourth-order valence-corrected chi connectivity index (χ4v) is 2.05. The predicted molar refractivity (Wildman–Crippen MR) is 43.3 cm³/mol. The molecule has 1 heterocycles. The number of hydrogen-bond donors (Lipinski definition) is 3. The second-order valence-electron chi connectivity index (χ2n) is 3.73. The standard InChI is InChI=1S/C8H12FNO4/c9-5-6-4(14-8(13)10-6)1-3(2-11)7(5)12/h3-7,11-12H,1-2H2,(H,10,13)/t3-,4+,5+,6+,7-/m1/s1. The first-order chi connectivity index (χ1) is 6.63. The summed E-state index contributed by atoms with van der Waals surface area (Å²) in [6, 6.07) is -0.778. The second-order valence-corrected chi connectivity index (χ2v) is 3.73. The number of carbonyl (C=O) groups is 1. The van der Waals surface area contributed by atoms with Crippen LogP contribution in [0, 0.1) is 5.92 Å². The van der Waals surface area contributed by atoms with Gasteiger partial charge in [0.2, 0.25) is 0 Å². The van der Waals surface area contributed by atoms with E-state index in [1.54, 1.807) is 0 Å².